The minimum atomic E-state index is -0.261. The van der Waals surface area contributed by atoms with Gasteiger partial charge in [-0.25, -0.2) is 9.37 Å². The number of fused-ring (bicyclic) bond motifs is 2. The first-order chi connectivity index (χ1) is 18.5. The van der Waals surface area contributed by atoms with Gasteiger partial charge >= 0.3 is 0 Å². The average Bonchev–Trinajstić information content (AvgIpc) is 3.23. The molecule has 0 N–H and O–H groups in total. The Balaban J connectivity index is 1.59. The molecule has 7 heteroatoms. The minimum Gasteiger partial charge on any atom is -0.494 e. The zero-order chi connectivity index (χ0) is 26.6. The van der Waals surface area contributed by atoms with E-state index in [-0.39, 0.29) is 5.82 Å². The van der Waals surface area contributed by atoms with Crippen LogP contribution >= 0.6 is 23.2 Å². The van der Waals surface area contributed by atoms with Crippen molar-refractivity contribution >= 4 is 45.0 Å². The Morgan fingerprint density at radius 1 is 0.921 bits per heavy atom. The molecule has 0 radical (unpaired) electrons. The van der Waals surface area contributed by atoms with Crippen molar-refractivity contribution in [2.45, 2.75) is 46.4 Å². The fourth-order valence-electron chi connectivity index (χ4n) is 4.99. The van der Waals surface area contributed by atoms with E-state index in [1.165, 1.54) is 6.07 Å². The van der Waals surface area contributed by atoms with Crippen LogP contribution in [0.5, 0.6) is 5.75 Å². The maximum Gasteiger partial charge on any atom is 0.125 e. The van der Waals surface area contributed by atoms with E-state index in [0.29, 0.717) is 36.3 Å². The second kappa shape index (κ2) is 11.7. The van der Waals surface area contributed by atoms with Crippen molar-refractivity contribution in [1.29, 1.82) is 0 Å². The van der Waals surface area contributed by atoms with E-state index in [1.54, 1.807) is 18.2 Å². The van der Waals surface area contributed by atoms with E-state index < -0.39 is 0 Å². The van der Waals surface area contributed by atoms with Gasteiger partial charge in [-0.3, -0.25) is 4.90 Å². The number of hydrogen-bond donors (Lipinski definition) is 0. The second-order valence-corrected chi connectivity index (χ2v) is 10.2. The number of halogens is 3. The Kier molecular flexibility index (Phi) is 8.18. The third kappa shape index (κ3) is 5.65. The van der Waals surface area contributed by atoms with Crippen molar-refractivity contribution < 1.29 is 9.13 Å². The number of benzene rings is 4. The first-order valence-electron chi connectivity index (χ1n) is 12.9. The summed E-state index contributed by atoms with van der Waals surface area (Å²) in [7, 11) is 0. The molecule has 0 amide bonds. The number of hydrogen-bond acceptors (Lipinski definition) is 3. The van der Waals surface area contributed by atoms with Crippen molar-refractivity contribution in [3.8, 4) is 5.75 Å². The molecule has 0 spiro atoms. The van der Waals surface area contributed by atoms with E-state index >= 15 is 0 Å². The molecule has 1 heterocycles. The predicted molar refractivity (Wildman–Crippen MR) is 155 cm³/mol. The molecule has 38 heavy (non-hydrogen) atoms. The molecule has 0 saturated carbocycles. The van der Waals surface area contributed by atoms with Crippen molar-refractivity contribution in [3.05, 3.63) is 106 Å². The summed E-state index contributed by atoms with van der Waals surface area (Å²) >= 11 is 12.8. The molecule has 0 fully saturated rings. The van der Waals surface area contributed by atoms with E-state index in [4.69, 9.17) is 32.9 Å². The molecule has 0 aliphatic heterocycles. The quantitative estimate of drug-likeness (QED) is 0.174. The van der Waals surface area contributed by atoms with Crippen LogP contribution in [0.1, 0.15) is 37.2 Å². The Morgan fingerprint density at radius 2 is 1.76 bits per heavy atom. The van der Waals surface area contributed by atoms with E-state index in [2.05, 4.69) is 40.7 Å². The Bertz CT molecular complexity index is 1580. The van der Waals surface area contributed by atoms with Crippen molar-refractivity contribution in [2.75, 3.05) is 6.61 Å². The van der Waals surface area contributed by atoms with Crippen LogP contribution < -0.4 is 4.74 Å². The number of nitrogens with zero attached hydrogens (tertiary/aromatic N) is 3. The van der Waals surface area contributed by atoms with Gasteiger partial charge in [0.15, 0.2) is 0 Å². The summed E-state index contributed by atoms with van der Waals surface area (Å²) in [5, 5.41) is 3.53. The highest BCUT2D eigenvalue weighted by Gasteiger charge is 2.19. The first-order valence-corrected chi connectivity index (χ1v) is 13.7. The molecule has 0 aliphatic rings. The smallest absolute Gasteiger partial charge is 0.125 e. The number of aromatic nitrogens is 2. The van der Waals surface area contributed by atoms with Gasteiger partial charge in [-0.2, -0.15) is 0 Å². The fourth-order valence-corrected chi connectivity index (χ4v) is 5.46. The van der Waals surface area contributed by atoms with Crippen LogP contribution in [0.4, 0.5) is 4.39 Å². The van der Waals surface area contributed by atoms with Gasteiger partial charge in [0.25, 0.3) is 0 Å². The predicted octanol–water partition coefficient (Wildman–Crippen LogP) is 8.65. The van der Waals surface area contributed by atoms with Crippen LogP contribution in [0, 0.1) is 5.82 Å². The van der Waals surface area contributed by atoms with Crippen LogP contribution in [0.3, 0.4) is 0 Å². The summed E-state index contributed by atoms with van der Waals surface area (Å²) in [4.78, 5) is 7.23. The third-order valence-corrected chi connectivity index (χ3v) is 7.28. The molecular weight excluding hydrogens is 520 g/mol. The molecule has 1 aromatic heterocycles. The molecule has 5 aromatic rings. The molecule has 196 valence electrons. The summed E-state index contributed by atoms with van der Waals surface area (Å²) in [6, 6.07) is 22.9. The Morgan fingerprint density at radius 3 is 2.55 bits per heavy atom. The van der Waals surface area contributed by atoms with Crippen molar-refractivity contribution in [1.82, 2.24) is 14.5 Å². The number of rotatable bonds is 10. The highest BCUT2D eigenvalue weighted by molar-refractivity contribution is 6.35. The van der Waals surface area contributed by atoms with Gasteiger partial charge in [0.2, 0.25) is 0 Å². The second-order valence-electron chi connectivity index (χ2n) is 9.39. The number of imidazole rings is 1. The van der Waals surface area contributed by atoms with Crippen molar-refractivity contribution in [2.24, 2.45) is 0 Å². The molecule has 0 aliphatic carbocycles. The van der Waals surface area contributed by atoms with Crippen molar-refractivity contribution in [3.63, 3.8) is 0 Å². The lowest BCUT2D eigenvalue weighted by Crippen LogP contribution is -2.25. The van der Waals surface area contributed by atoms with Gasteiger partial charge in [0.05, 0.1) is 24.2 Å². The largest absolute Gasteiger partial charge is 0.494 e. The summed E-state index contributed by atoms with van der Waals surface area (Å²) in [6.45, 7) is 7.18. The van der Waals surface area contributed by atoms with E-state index in [9.17, 15) is 4.39 Å². The third-order valence-electron chi connectivity index (χ3n) is 6.69. The van der Waals surface area contributed by atoms with Crippen LogP contribution in [0.25, 0.3) is 21.8 Å². The number of ether oxygens (including phenoxy) is 1. The maximum atomic E-state index is 14.2. The van der Waals surface area contributed by atoms with E-state index in [0.717, 1.165) is 57.5 Å². The average molecular weight is 551 g/mol. The van der Waals surface area contributed by atoms with Gasteiger partial charge in [0.1, 0.15) is 17.4 Å². The van der Waals surface area contributed by atoms with Crippen LogP contribution in [-0.2, 0) is 26.2 Å². The molecular formula is C31H30Cl2FN3O. The summed E-state index contributed by atoms with van der Waals surface area (Å²) in [5.74, 6) is 1.49. The normalized spacial score (nSPS) is 11.6. The highest BCUT2D eigenvalue weighted by atomic mass is 35.5. The monoisotopic (exact) mass is 549 g/mol. The molecule has 4 aromatic carbocycles. The molecule has 0 unspecified atom stereocenters. The molecule has 0 bridgehead atoms. The van der Waals surface area contributed by atoms with Gasteiger partial charge in [-0.05, 0) is 66.1 Å². The van der Waals surface area contributed by atoms with Crippen LogP contribution in [0.2, 0.25) is 10.0 Å². The molecule has 5 rings (SSSR count). The Hall–Kier alpha value is -3.12. The number of aryl methyl sites for hydroxylation is 1. The molecule has 0 atom stereocenters. The topological polar surface area (TPSA) is 30.3 Å². The van der Waals surface area contributed by atoms with Gasteiger partial charge in [-0.1, -0.05) is 66.5 Å². The minimum absolute atomic E-state index is 0.261. The van der Waals surface area contributed by atoms with Gasteiger partial charge < -0.3 is 9.30 Å². The maximum absolute atomic E-state index is 14.2. The van der Waals surface area contributed by atoms with Crippen LogP contribution in [-0.4, -0.2) is 21.1 Å². The van der Waals surface area contributed by atoms with Crippen LogP contribution in [0.15, 0.2) is 72.8 Å². The zero-order valence-electron chi connectivity index (χ0n) is 21.6. The highest BCUT2D eigenvalue weighted by Crippen LogP contribution is 2.32. The Labute approximate surface area is 232 Å². The lowest BCUT2D eigenvalue weighted by molar-refractivity contribution is 0.233. The zero-order valence-corrected chi connectivity index (χ0v) is 23.1. The molecule has 0 saturated heterocycles. The van der Waals surface area contributed by atoms with Gasteiger partial charge in [0, 0.05) is 35.2 Å². The first kappa shape index (κ1) is 26.5. The van der Waals surface area contributed by atoms with E-state index in [1.807, 2.05) is 31.2 Å². The standard InChI is InChI=1S/C31H30Cl2FN3O/c1-3-15-37-29-17-24(34)12-13-28(29)35-31(37)20-36(18-22-9-11-23(32)16-27(22)33)19-26-25-8-6-5-7-21(25)10-14-30(26)38-4-2/h5-14,16-17H,3-4,15,18-20H2,1-2H3. The summed E-state index contributed by atoms with van der Waals surface area (Å²) < 4.78 is 22.4. The fraction of sp³-hybridized carbons (Fsp3) is 0.258. The lowest BCUT2D eigenvalue weighted by atomic mass is 10.0. The summed E-state index contributed by atoms with van der Waals surface area (Å²) in [6.07, 6.45) is 0.912. The SMILES string of the molecule is CCCn1c(CN(Cc2ccc(Cl)cc2Cl)Cc2c(OCC)ccc3ccccc23)nc2ccc(F)cc21. The lowest BCUT2D eigenvalue weighted by Gasteiger charge is -2.25. The summed E-state index contributed by atoms with van der Waals surface area (Å²) in [5.41, 5.74) is 3.68. The van der Waals surface area contributed by atoms with Gasteiger partial charge in [-0.15, -0.1) is 0 Å². The molecule has 4 nitrogen and oxygen atoms in total.